The van der Waals surface area contributed by atoms with Crippen molar-refractivity contribution in [2.45, 2.75) is 33.7 Å². The van der Waals surface area contributed by atoms with E-state index in [0.717, 1.165) is 22.4 Å². The monoisotopic (exact) mass is 289 g/mol. The Bertz CT molecular complexity index is 882. The van der Waals surface area contributed by atoms with Crippen LogP contribution in [0, 0.1) is 32.1 Å². The van der Waals surface area contributed by atoms with Crippen molar-refractivity contribution in [1.29, 1.82) is 5.26 Å². The van der Waals surface area contributed by atoms with Crippen LogP contribution in [0.15, 0.2) is 36.4 Å². The summed E-state index contributed by atoms with van der Waals surface area (Å²) in [6.45, 7) is 6.99. The highest BCUT2D eigenvalue weighted by Crippen LogP contribution is 2.29. The number of nitriles is 1. The molecule has 0 saturated carbocycles. The summed E-state index contributed by atoms with van der Waals surface area (Å²) >= 11 is 0. The van der Waals surface area contributed by atoms with E-state index in [1.165, 1.54) is 16.7 Å². The highest BCUT2D eigenvalue weighted by Gasteiger charge is 2.14. The molecule has 0 aliphatic carbocycles. The smallest absolute Gasteiger partial charge is 0.141 e. The minimum Gasteiger partial charge on any atom is -0.323 e. The molecule has 2 aromatic carbocycles. The predicted octanol–water partition coefficient (Wildman–Crippen LogP) is 4.54. The van der Waals surface area contributed by atoms with Crippen molar-refractivity contribution in [1.82, 2.24) is 9.55 Å². The molecule has 0 atom stereocenters. The van der Waals surface area contributed by atoms with Gasteiger partial charge >= 0.3 is 0 Å². The second-order valence-electron chi connectivity index (χ2n) is 5.74. The Morgan fingerprint density at radius 2 is 1.77 bits per heavy atom. The van der Waals surface area contributed by atoms with Gasteiger partial charge in [0.05, 0.1) is 23.5 Å². The average molecular weight is 289 g/mol. The van der Waals surface area contributed by atoms with Crippen molar-refractivity contribution in [2.75, 3.05) is 0 Å². The third-order valence-corrected chi connectivity index (χ3v) is 4.20. The molecule has 0 bridgehead atoms. The summed E-state index contributed by atoms with van der Waals surface area (Å²) in [6, 6.07) is 14.8. The average Bonchev–Trinajstić information content (AvgIpc) is 2.83. The van der Waals surface area contributed by atoms with E-state index in [4.69, 9.17) is 10.2 Å². The highest BCUT2D eigenvalue weighted by atomic mass is 15.1. The van der Waals surface area contributed by atoms with E-state index in [-0.39, 0.29) is 0 Å². The zero-order valence-corrected chi connectivity index (χ0v) is 13.2. The van der Waals surface area contributed by atoms with Gasteiger partial charge in [0.15, 0.2) is 0 Å². The predicted molar refractivity (Wildman–Crippen MR) is 89.6 cm³/mol. The van der Waals surface area contributed by atoms with Crippen molar-refractivity contribution in [3.63, 3.8) is 0 Å². The largest absolute Gasteiger partial charge is 0.323 e. The van der Waals surface area contributed by atoms with Crippen LogP contribution in [0.5, 0.6) is 0 Å². The lowest BCUT2D eigenvalue weighted by molar-refractivity contribution is 0.744. The molecule has 0 aliphatic rings. The van der Waals surface area contributed by atoms with Gasteiger partial charge in [0, 0.05) is 12.1 Å². The van der Waals surface area contributed by atoms with Crippen LogP contribution in [0.2, 0.25) is 0 Å². The number of nitrogens with zero attached hydrogens (tertiary/aromatic N) is 3. The van der Waals surface area contributed by atoms with Gasteiger partial charge in [0.2, 0.25) is 0 Å². The van der Waals surface area contributed by atoms with Gasteiger partial charge in [0.25, 0.3) is 0 Å². The summed E-state index contributed by atoms with van der Waals surface area (Å²) in [7, 11) is 0. The van der Waals surface area contributed by atoms with Gasteiger partial charge in [-0.3, -0.25) is 0 Å². The van der Waals surface area contributed by atoms with E-state index < -0.39 is 0 Å². The number of aromatic nitrogens is 2. The Hall–Kier alpha value is -2.60. The first-order valence-corrected chi connectivity index (χ1v) is 7.52. The van der Waals surface area contributed by atoms with Gasteiger partial charge in [-0.2, -0.15) is 5.26 Å². The number of fused-ring (bicyclic) bond motifs is 1. The first-order valence-electron chi connectivity index (χ1n) is 7.52. The second kappa shape index (κ2) is 5.65. The van der Waals surface area contributed by atoms with Crippen molar-refractivity contribution in [2.24, 2.45) is 0 Å². The molecule has 0 fully saturated rings. The van der Waals surface area contributed by atoms with Crippen LogP contribution < -0.4 is 0 Å². The topological polar surface area (TPSA) is 41.6 Å². The lowest BCUT2D eigenvalue weighted by Crippen LogP contribution is -2.01. The fourth-order valence-electron chi connectivity index (χ4n) is 2.80. The quantitative estimate of drug-likeness (QED) is 0.710. The van der Waals surface area contributed by atoms with E-state index >= 15 is 0 Å². The molecule has 3 rings (SSSR count). The van der Waals surface area contributed by atoms with Crippen molar-refractivity contribution < 1.29 is 0 Å². The molecule has 3 nitrogen and oxygen atoms in total. The van der Waals surface area contributed by atoms with Gasteiger partial charge in [-0.25, -0.2) is 4.98 Å². The molecule has 0 spiro atoms. The second-order valence-corrected chi connectivity index (χ2v) is 5.74. The molecule has 1 heterocycles. The number of aryl methyl sites for hydroxylation is 4. The Balaban J connectivity index is 2.29. The minimum absolute atomic E-state index is 0.483. The van der Waals surface area contributed by atoms with Crippen LogP contribution in [0.25, 0.3) is 22.4 Å². The SMILES string of the molecule is Cc1cc2nc(-c3ccccc3C)n(CCC#N)c2cc1C. The molecular formula is C19H19N3. The van der Waals surface area contributed by atoms with Crippen LogP contribution in [-0.4, -0.2) is 9.55 Å². The van der Waals surface area contributed by atoms with E-state index in [0.29, 0.717) is 13.0 Å². The van der Waals surface area contributed by atoms with Crippen LogP contribution >= 0.6 is 0 Å². The molecule has 22 heavy (non-hydrogen) atoms. The number of benzene rings is 2. The lowest BCUT2D eigenvalue weighted by atomic mass is 10.1. The van der Waals surface area contributed by atoms with Crippen molar-refractivity contribution in [3.05, 3.63) is 53.1 Å². The molecule has 0 radical (unpaired) electrons. The maximum Gasteiger partial charge on any atom is 0.141 e. The third-order valence-electron chi connectivity index (χ3n) is 4.20. The van der Waals surface area contributed by atoms with Gasteiger partial charge in [-0.1, -0.05) is 24.3 Å². The fraction of sp³-hybridized carbons (Fsp3) is 0.263. The van der Waals surface area contributed by atoms with Crippen LogP contribution in [-0.2, 0) is 6.54 Å². The Morgan fingerprint density at radius 3 is 2.50 bits per heavy atom. The molecule has 3 aromatic rings. The first-order chi connectivity index (χ1) is 10.6. The lowest BCUT2D eigenvalue weighted by Gasteiger charge is -2.09. The van der Waals surface area contributed by atoms with E-state index in [2.05, 4.69) is 55.7 Å². The maximum absolute atomic E-state index is 8.97. The maximum atomic E-state index is 8.97. The van der Waals surface area contributed by atoms with Crippen molar-refractivity contribution >= 4 is 11.0 Å². The summed E-state index contributed by atoms with van der Waals surface area (Å²) in [4.78, 5) is 4.85. The molecular weight excluding hydrogens is 270 g/mol. The summed E-state index contributed by atoms with van der Waals surface area (Å²) in [5.74, 6) is 0.952. The minimum atomic E-state index is 0.483. The molecule has 0 aliphatic heterocycles. The van der Waals surface area contributed by atoms with Gasteiger partial charge in [-0.15, -0.1) is 0 Å². The number of rotatable bonds is 3. The van der Waals surface area contributed by atoms with Crippen molar-refractivity contribution in [3.8, 4) is 17.5 Å². The standard InChI is InChI=1S/C19H19N3/c1-13-7-4-5-8-16(13)19-21-17-11-14(2)15(3)12-18(17)22(19)10-6-9-20/h4-5,7-8,11-12H,6,10H2,1-3H3. The molecule has 0 saturated heterocycles. The molecule has 1 aromatic heterocycles. The molecule has 110 valence electrons. The Labute approximate surface area is 130 Å². The first kappa shape index (κ1) is 14.3. The zero-order valence-electron chi connectivity index (χ0n) is 13.2. The van der Waals surface area contributed by atoms with E-state index in [1.807, 2.05) is 12.1 Å². The van der Waals surface area contributed by atoms with Gasteiger partial charge in [-0.05, 0) is 49.6 Å². The normalized spacial score (nSPS) is 10.8. The molecule has 0 amide bonds. The van der Waals surface area contributed by atoms with Crippen LogP contribution in [0.1, 0.15) is 23.1 Å². The Kier molecular flexibility index (Phi) is 3.68. The summed E-state index contributed by atoms with van der Waals surface area (Å²) in [6.07, 6.45) is 0.483. The van der Waals surface area contributed by atoms with Gasteiger partial charge < -0.3 is 4.57 Å². The summed E-state index contributed by atoms with van der Waals surface area (Å²) < 4.78 is 2.17. The van der Waals surface area contributed by atoms with E-state index in [9.17, 15) is 0 Å². The van der Waals surface area contributed by atoms with Crippen LogP contribution in [0.4, 0.5) is 0 Å². The summed E-state index contributed by atoms with van der Waals surface area (Å²) in [5, 5.41) is 8.97. The third kappa shape index (κ3) is 2.37. The summed E-state index contributed by atoms with van der Waals surface area (Å²) in [5.41, 5.74) is 6.93. The zero-order chi connectivity index (χ0) is 15.7. The highest BCUT2D eigenvalue weighted by molar-refractivity contribution is 5.82. The van der Waals surface area contributed by atoms with E-state index in [1.54, 1.807) is 0 Å². The molecule has 0 unspecified atom stereocenters. The number of hydrogen-bond donors (Lipinski definition) is 0. The molecule has 0 N–H and O–H groups in total. The Morgan fingerprint density at radius 1 is 1.05 bits per heavy atom. The van der Waals surface area contributed by atoms with Gasteiger partial charge in [0.1, 0.15) is 5.82 Å². The number of hydrogen-bond acceptors (Lipinski definition) is 2. The fourth-order valence-corrected chi connectivity index (χ4v) is 2.80. The number of imidazole rings is 1. The van der Waals surface area contributed by atoms with Crippen LogP contribution in [0.3, 0.4) is 0 Å². The molecule has 3 heteroatoms.